The van der Waals surface area contributed by atoms with Crippen LogP contribution in [0.3, 0.4) is 0 Å². The number of carboxylic acids is 1. The third kappa shape index (κ3) is 7.87. The van der Waals surface area contributed by atoms with Crippen molar-refractivity contribution in [2.75, 3.05) is 18.4 Å². The van der Waals surface area contributed by atoms with Crippen LogP contribution in [0.5, 0.6) is 5.75 Å². The lowest BCUT2D eigenvalue weighted by atomic mass is 10.1. The Kier molecular flexibility index (Phi) is 10.0. The van der Waals surface area contributed by atoms with Gasteiger partial charge in [-0.25, -0.2) is 14.0 Å². The number of hydrogen-bond donors (Lipinski definition) is 2. The number of carbonyl (C=O) groups is 2. The van der Waals surface area contributed by atoms with Crippen molar-refractivity contribution in [2.24, 2.45) is 0 Å². The van der Waals surface area contributed by atoms with Gasteiger partial charge in [-0.05, 0) is 62.2 Å². The molecule has 0 fully saturated rings. The first-order valence-electron chi connectivity index (χ1n) is 11.6. The summed E-state index contributed by atoms with van der Waals surface area (Å²) >= 11 is 18.5. The molecular weight excluding hydrogens is 554 g/mol. The number of amides is 2. The van der Waals surface area contributed by atoms with E-state index in [0.29, 0.717) is 22.0 Å². The molecule has 10 heteroatoms. The summed E-state index contributed by atoms with van der Waals surface area (Å²) in [5.41, 5.74) is 0.109. The molecule has 0 saturated carbocycles. The van der Waals surface area contributed by atoms with Crippen LogP contribution in [0, 0.1) is 5.82 Å². The third-order valence-corrected chi connectivity index (χ3v) is 6.75. The molecule has 6 nitrogen and oxygen atoms in total. The van der Waals surface area contributed by atoms with Gasteiger partial charge in [-0.2, -0.15) is 0 Å². The summed E-state index contributed by atoms with van der Waals surface area (Å²) < 4.78 is 19.8. The number of rotatable bonds is 10. The second-order valence-corrected chi connectivity index (χ2v) is 10.0. The first-order chi connectivity index (χ1) is 18.0. The molecule has 0 saturated heterocycles. The molecule has 2 amide bonds. The molecule has 0 aromatic heterocycles. The highest BCUT2D eigenvalue weighted by molar-refractivity contribution is 6.44. The standard InChI is InChI=1S/C28H26Cl3FN2O4/c1-28(2,26(35)36)38-19-13-11-18(12-14-19)6-5-16-34(17-15-20-21(29)7-3-9-23(20)32)27(37)33-24-10-4-8-22(30)25(24)31/h3-14H,15-17H2,1-2H3,(H,33,37)(H,35,36). The topological polar surface area (TPSA) is 78.9 Å². The average Bonchev–Trinajstić information content (AvgIpc) is 2.86. The van der Waals surface area contributed by atoms with Gasteiger partial charge in [0, 0.05) is 23.7 Å². The number of urea groups is 1. The maximum atomic E-state index is 14.3. The zero-order valence-corrected chi connectivity index (χ0v) is 22.9. The maximum Gasteiger partial charge on any atom is 0.347 e. The molecule has 3 aromatic rings. The highest BCUT2D eigenvalue weighted by Gasteiger charge is 2.29. The predicted molar refractivity (Wildman–Crippen MR) is 150 cm³/mol. The van der Waals surface area contributed by atoms with E-state index in [9.17, 15) is 19.1 Å². The van der Waals surface area contributed by atoms with Gasteiger partial charge in [0.1, 0.15) is 11.6 Å². The van der Waals surface area contributed by atoms with Crippen LogP contribution in [0.1, 0.15) is 25.0 Å². The van der Waals surface area contributed by atoms with Gasteiger partial charge >= 0.3 is 12.0 Å². The Hall–Kier alpha value is -3.26. The van der Waals surface area contributed by atoms with Crippen LogP contribution in [0.2, 0.25) is 15.1 Å². The summed E-state index contributed by atoms with van der Waals surface area (Å²) in [6, 6.07) is 15.7. The Morgan fingerprint density at radius 1 is 1.03 bits per heavy atom. The Morgan fingerprint density at radius 2 is 1.68 bits per heavy atom. The van der Waals surface area contributed by atoms with E-state index in [-0.39, 0.29) is 29.6 Å². The molecule has 0 aliphatic carbocycles. The van der Waals surface area contributed by atoms with E-state index in [2.05, 4.69) is 5.32 Å². The zero-order chi connectivity index (χ0) is 27.9. The van der Waals surface area contributed by atoms with Gasteiger partial charge in [-0.15, -0.1) is 0 Å². The van der Waals surface area contributed by atoms with E-state index in [1.165, 1.54) is 30.9 Å². The number of halogens is 4. The number of anilines is 1. The summed E-state index contributed by atoms with van der Waals surface area (Å²) in [4.78, 5) is 25.9. The van der Waals surface area contributed by atoms with Crippen molar-refractivity contribution in [3.05, 3.63) is 98.8 Å². The second kappa shape index (κ2) is 13.0. The Morgan fingerprint density at radius 3 is 2.34 bits per heavy atom. The summed E-state index contributed by atoms with van der Waals surface area (Å²) in [6.07, 6.45) is 3.77. The number of nitrogens with one attached hydrogen (secondary N) is 1. The quantitative estimate of drug-likeness (QED) is 0.257. The predicted octanol–water partition coefficient (Wildman–Crippen LogP) is 7.82. The van der Waals surface area contributed by atoms with E-state index >= 15 is 0 Å². The Bertz CT molecular complexity index is 1310. The number of carboxylic acid groups (broad SMARTS) is 1. The Balaban J connectivity index is 1.73. The fourth-order valence-corrected chi connectivity index (χ4v) is 3.99. The molecule has 0 radical (unpaired) electrons. The molecule has 2 N–H and O–H groups in total. The van der Waals surface area contributed by atoms with Gasteiger partial charge in [-0.3, -0.25) is 0 Å². The summed E-state index contributed by atoms with van der Waals surface area (Å²) in [7, 11) is 0. The molecule has 0 bridgehead atoms. The van der Waals surface area contributed by atoms with Crippen molar-refractivity contribution in [1.29, 1.82) is 0 Å². The molecule has 0 aliphatic heterocycles. The molecule has 0 unspecified atom stereocenters. The van der Waals surface area contributed by atoms with Gasteiger partial charge in [0.15, 0.2) is 5.60 Å². The van der Waals surface area contributed by atoms with Crippen molar-refractivity contribution < 1.29 is 23.8 Å². The number of ether oxygens (including phenoxy) is 1. The largest absolute Gasteiger partial charge is 0.478 e. The van der Waals surface area contributed by atoms with Crippen molar-refractivity contribution in [1.82, 2.24) is 4.90 Å². The van der Waals surface area contributed by atoms with Crippen LogP contribution in [0.4, 0.5) is 14.9 Å². The fraction of sp³-hybridized carbons (Fsp3) is 0.214. The molecular formula is C28H26Cl3FN2O4. The van der Waals surface area contributed by atoms with E-state index in [4.69, 9.17) is 39.5 Å². The smallest absolute Gasteiger partial charge is 0.347 e. The van der Waals surface area contributed by atoms with Gasteiger partial charge in [0.05, 0.1) is 15.7 Å². The Labute approximate surface area is 235 Å². The molecule has 0 heterocycles. The van der Waals surface area contributed by atoms with Crippen molar-refractivity contribution in [2.45, 2.75) is 25.9 Å². The van der Waals surface area contributed by atoms with Crippen LogP contribution in [-0.4, -0.2) is 40.7 Å². The molecule has 38 heavy (non-hydrogen) atoms. The van der Waals surface area contributed by atoms with E-state index in [1.807, 2.05) is 0 Å². The van der Waals surface area contributed by atoms with Gasteiger partial charge in [0.2, 0.25) is 0 Å². The van der Waals surface area contributed by atoms with Gasteiger partial charge in [0.25, 0.3) is 0 Å². The third-order valence-electron chi connectivity index (χ3n) is 5.58. The number of nitrogens with zero attached hydrogens (tertiary/aromatic N) is 1. The highest BCUT2D eigenvalue weighted by Crippen LogP contribution is 2.30. The van der Waals surface area contributed by atoms with Gasteiger partial charge in [-0.1, -0.05) is 71.2 Å². The SMILES string of the molecule is CC(C)(Oc1ccc(C=CCN(CCc2c(F)cccc2Cl)C(=O)Nc2cccc(Cl)c2Cl)cc1)C(=O)O. The lowest BCUT2D eigenvalue weighted by Gasteiger charge is -2.23. The monoisotopic (exact) mass is 578 g/mol. The number of hydrogen-bond acceptors (Lipinski definition) is 3. The van der Waals surface area contributed by atoms with E-state index in [0.717, 1.165) is 5.56 Å². The number of aliphatic carboxylic acids is 1. The molecule has 200 valence electrons. The van der Waals surface area contributed by atoms with Crippen molar-refractivity contribution in [3.8, 4) is 5.75 Å². The second-order valence-electron chi connectivity index (χ2n) is 8.82. The number of benzene rings is 3. The molecule has 3 aromatic carbocycles. The zero-order valence-electron chi connectivity index (χ0n) is 20.7. The first kappa shape index (κ1) is 29.3. The molecule has 3 rings (SSSR count). The molecule has 0 aliphatic rings. The van der Waals surface area contributed by atoms with Crippen molar-refractivity contribution >= 4 is 58.6 Å². The normalized spacial score (nSPS) is 11.4. The summed E-state index contributed by atoms with van der Waals surface area (Å²) in [5.74, 6) is -1.11. The lowest BCUT2D eigenvalue weighted by molar-refractivity contribution is -0.152. The summed E-state index contributed by atoms with van der Waals surface area (Å²) in [5, 5.41) is 12.8. The molecule has 0 spiro atoms. The van der Waals surface area contributed by atoms with Crippen molar-refractivity contribution in [3.63, 3.8) is 0 Å². The summed E-state index contributed by atoms with van der Waals surface area (Å²) in [6.45, 7) is 3.30. The maximum absolute atomic E-state index is 14.3. The first-order valence-corrected chi connectivity index (χ1v) is 12.7. The minimum atomic E-state index is -1.36. The van der Waals surface area contributed by atoms with E-state index in [1.54, 1.807) is 60.7 Å². The fourth-order valence-electron chi connectivity index (χ4n) is 3.39. The van der Waals surface area contributed by atoms with Crippen LogP contribution in [0.25, 0.3) is 6.08 Å². The highest BCUT2D eigenvalue weighted by atomic mass is 35.5. The minimum absolute atomic E-state index is 0.173. The molecule has 0 atom stereocenters. The van der Waals surface area contributed by atoms with Crippen LogP contribution < -0.4 is 10.1 Å². The lowest BCUT2D eigenvalue weighted by Crippen LogP contribution is -2.37. The van der Waals surface area contributed by atoms with Crippen LogP contribution in [0.15, 0.2) is 66.7 Å². The average molecular weight is 580 g/mol. The van der Waals surface area contributed by atoms with Crippen LogP contribution >= 0.6 is 34.8 Å². The van der Waals surface area contributed by atoms with E-state index < -0.39 is 23.4 Å². The van der Waals surface area contributed by atoms with Gasteiger partial charge < -0.3 is 20.1 Å². The van der Waals surface area contributed by atoms with Crippen LogP contribution in [-0.2, 0) is 11.2 Å². The minimum Gasteiger partial charge on any atom is -0.478 e. The number of carbonyl (C=O) groups excluding carboxylic acids is 1.